The van der Waals surface area contributed by atoms with E-state index < -0.39 is 6.43 Å². The molecule has 1 aromatic carbocycles. The second-order valence-corrected chi connectivity index (χ2v) is 4.76. The van der Waals surface area contributed by atoms with Gasteiger partial charge in [-0.25, -0.2) is 13.2 Å². The molecule has 18 heavy (non-hydrogen) atoms. The highest BCUT2D eigenvalue weighted by molar-refractivity contribution is 7.13. The average molecular weight is 271 g/mol. The first-order valence-corrected chi connectivity index (χ1v) is 6.36. The molecule has 0 aliphatic carbocycles. The molecule has 0 spiro atoms. The Labute approximate surface area is 107 Å². The Morgan fingerprint density at radius 2 is 2.06 bits per heavy atom. The number of alkyl halides is 2. The van der Waals surface area contributed by atoms with Crippen molar-refractivity contribution in [3.05, 3.63) is 47.1 Å². The maximum Gasteiger partial charge on any atom is 0.250 e. The fraction of sp³-hybridized carbons (Fsp3) is 0.231. The highest BCUT2D eigenvalue weighted by Crippen LogP contribution is 2.28. The lowest BCUT2D eigenvalue weighted by atomic mass is 10.1. The molecule has 0 amide bonds. The summed E-state index contributed by atoms with van der Waals surface area (Å²) in [5, 5.41) is 4.50. The van der Waals surface area contributed by atoms with E-state index in [0.717, 1.165) is 10.4 Å². The maximum absolute atomic E-state index is 13.6. The molecule has 5 heteroatoms. The van der Waals surface area contributed by atoms with Crippen LogP contribution in [-0.4, -0.2) is 13.0 Å². The van der Waals surface area contributed by atoms with E-state index in [2.05, 4.69) is 5.32 Å². The number of nitrogens with one attached hydrogen (secondary N) is 1. The molecule has 0 atom stereocenters. The van der Waals surface area contributed by atoms with Crippen molar-refractivity contribution in [1.29, 1.82) is 0 Å². The third kappa shape index (κ3) is 3.34. The zero-order chi connectivity index (χ0) is 13.0. The molecule has 0 saturated carbocycles. The van der Waals surface area contributed by atoms with Crippen LogP contribution in [0, 0.1) is 5.82 Å². The van der Waals surface area contributed by atoms with Gasteiger partial charge in [-0.2, -0.15) is 0 Å². The normalized spacial score (nSPS) is 11.1. The molecule has 2 aromatic rings. The van der Waals surface area contributed by atoms with E-state index in [0.29, 0.717) is 12.1 Å². The largest absolute Gasteiger partial charge is 0.307 e. The quantitative estimate of drug-likeness (QED) is 0.869. The molecule has 96 valence electrons. The highest BCUT2D eigenvalue weighted by Gasteiger charge is 2.07. The Kier molecular flexibility index (Phi) is 4.38. The Morgan fingerprint density at radius 3 is 2.72 bits per heavy atom. The molecule has 0 aliphatic rings. The Hall–Kier alpha value is -1.33. The van der Waals surface area contributed by atoms with Crippen molar-refractivity contribution >= 4 is 11.3 Å². The molecule has 0 bridgehead atoms. The third-order valence-electron chi connectivity index (χ3n) is 2.45. The smallest absolute Gasteiger partial charge is 0.250 e. The van der Waals surface area contributed by atoms with Crippen molar-refractivity contribution in [1.82, 2.24) is 5.32 Å². The van der Waals surface area contributed by atoms with Crippen LogP contribution < -0.4 is 5.32 Å². The highest BCUT2D eigenvalue weighted by atomic mass is 32.1. The first kappa shape index (κ1) is 13.1. The van der Waals surface area contributed by atoms with Gasteiger partial charge in [-0.05, 0) is 29.1 Å². The summed E-state index contributed by atoms with van der Waals surface area (Å²) in [6, 6.07) is 8.35. The summed E-state index contributed by atoms with van der Waals surface area (Å²) in [7, 11) is 0. The lowest BCUT2D eigenvalue weighted by Gasteiger charge is -2.07. The van der Waals surface area contributed by atoms with Gasteiger partial charge in [0.25, 0.3) is 6.43 Å². The summed E-state index contributed by atoms with van der Waals surface area (Å²) in [4.78, 5) is 0.836. The number of halogens is 3. The molecule has 2 rings (SSSR count). The standard InChI is InChI=1S/C13H12F3NS/c14-11-4-3-9(7-17-8-13(15)16)6-10(11)12-2-1-5-18-12/h1-6,13,17H,7-8H2. The van der Waals surface area contributed by atoms with Crippen molar-refractivity contribution in [3.63, 3.8) is 0 Å². The van der Waals surface area contributed by atoms with E-state index in [-0.39, 0.29) is 12.4 Å². The van der Waals surface area contributed by atoms with Gasteiger partial charge in [-0.3, -0.25) is 0 Å². The van der Waals surface area contributed by atoms with Gasteiger partial charge in [0.15, 0.2) is 0 Å². The average Bonchev–Trinajstić information content (AvgIpc) is 2.84. The number of rotatable bonds is 5. The topological polar surface area (TPSA) is 12.0 Å². The first-order chi connectivity index (χ1) is 8.66. The van der Waals surface area contributed by atoms with Gasteiger partial charge >= 0.3 is 0 Å². The van der Waals surface area contributed by atoms with Crippen molar-refractivity contribution in [2.75, 3.05) is 6.54 Å². The lowest BCUT2D eigenvalue weighted by Crippen LogP contribution is -2.20. The van der Waals surface area contributed by atoms with Crippen LogP contribution in [0.4, 0.5) is 13.2 Å². The lowest BCUT2D eigenvalue weighted by molar-refractivity contribution is 0.145. The molecule has 1 heterocycles. The van der Waals surface area contributed by atoms with Gasteiger partial charge in [0.05, 0.1) is 6.54 Å². The second kappa shape index (κ2) is 6.02. The molecule has 0 fully saturated rings. The van der Waals surface area contributed by atoms with Crippen LogP contribution >= 0.6 is 11.3 Å². The van der Waals surface area contributed by atoms with E-state index in [9.17, 15) is 13.2 Å². The van der Waals surface area contributed by atoms with Crippen LogP contribution in [0.2, 0.25) is 0 Å². The first-order valence-electron chi connectivity index (χ1n) is 5.48. The summed E-state index contributed by atoms with van der Waals surface area (Å²) < 4.78 is 37.6. The van der Waals surface area contributed by atoms with Crippen LogP contribution in [0.3, 0.4) is 0 Å². The summed E-state index contributed by atoms with van der Waals surface area (Å²) in [6.07, 6.45) is -2.37. The van der Waals surface area contributed by atoms with E-state index in [1.54, 1.807) is 12.1 Å². The number of benzene rings is 1. The zero-order valence-electron chi connectivity index (χ0n) is 9.50. The van der Waals surface area contributed by atoms with Crippen LogP contribution in [0.1, 0.15) is 5.56 Å². The van der Waals surface area contributed by atoms with Gasteiger partial charge < -0.3 is 5.32 Å². The molecule has 1 N–H and O–H groups in total. The zero-order valence-corrected chi connectivity index (χ0v) is 10.3. The minimum Gasteiger partial charge on any atom is -0.307 e. The molecule has 0 aliphatic heterocycles. The van der Waals surface area contributed by atoms with Crippen LogP contribution in [0.5, 0.6) is 0 Å². The van der Waals surface area contributed by atoms with Crippen molar-refractivity contribution in [2.45, 2.75) is 13.0 Å². The van der Waals surface area contributed by atoms with Gasteiger partial charge in [0, 0.05) is 17.0 Å². The molecule has 1 aromatic heterocycles. The van der Waals surface area contributed by atoms with Crippen molar-refractivity contribution in [3.8, 4) is 10.4 Å². The van der Waals surface area contributed by atoms with E-state index >= 15 is 0 Å². The molecule has 0 radical (unpaired) electrons. The Morgan fingerprint density at radius 1 is 1.22 bits per heavy atom. The van der Waals surface area contributed by atoms with Crippen LogP contribution in [-0.2, 0) is 6.54 Å². The second-order valence-electron chi connectivity index (χ2n) is 3.81. The Balaban J connectivity index is 2.12. The maximum atomic E-state index is 13.6. The molecular weight excluding hydrogens is 259 g/mol. The number of hydrogen-bond acceptors (Lipinski definition) is 2. The van der Waals surface area contributed by atoms with Crippen LogP contribution in [0.25, 0.3) is 10.4 Å². The molecular formula is C13H12F3NS. The summed E-state index contributed by atoms with van der Waals surface area (Å²) >= 11 is 1.45. The third-order valence-corrected chi connectivity index (χ3v) is 3.35. The monoisotopic (exact) mass is 271 g/mol. The number of thiophene rings is 1. The molecule has 0 unspecified atom stereocenters. The van der Waals surface area contributed by atoms with E-state index in [1.807, 2.05) is 17.5 Å². The summed E-state index contributed by atoms with van der Waals surface area (Å²) in [6.45, 7) is -0.0469. The summed E-state index contributed by atoms with van der Waals surface area (Å²) in [5.74, 6) is -0.296. The predicted molar refractivity (Wildman–Crippen MR) is 67.4 cm³/mol. The summed E-state index contributed by atoms with van der Waals surface area (Å²) in [5.41, 5.74) is 1.31. The SMILES string of the molecule is Fc1ccc(CNCC(F)F)cc1-c1cccs1. The fourth-order valence-corrected chi connectivity index (χ4v) is 2.37. The van der Waals surface area contributed by atoms with Gasteiger partial charge in [-0.15, -0.1) is 11.3 Å². The van der Waals surface area contributed by atoms with E-state index in [1.165, 1.54) is 17.4 Å². The van der Waals surface area contributed by atoms with Crippen molar-refractivity contribution < 1.29 is 13.2 Å². The molecule has 1 nitrogen and oxygen atoms in total. The minimum absolute atomic E-state index is 0.296. The predicted octanol–water partition coefficient (Wildman–Crippen LogP) is 3.91. The van der Waals surface area contributed by atoms with Gasteiger partial charge in [0.1, 0.15) is 5.82 Å². The van der Waals surface area contributed by atoms with Crippen LogP contribution in [0.15, 0.2) is 35.7 Å². The number of hydrogen-bond donors (Lipinski definition) is 1. The minimum atomic E-state index is -2.37. The van der Waals surface area contributed by atoms with Crippen molar-refractivity contribution in [2.24, 2.45) is 0 Å². The van der Waals surface area contributed by atoms with Gasteiger partial charge in [-0.1, -0.05) is 12.1 Å². The Bertz CT molecular complexity index is 497. The van der Waals surface area contributed by atoms with E-state index in [4.69, 9.17) is 0 Å². The fourth-order valence-electron chi connectivity index (χ4n) is 1.63. The van der Waals surface area contributed by atoms with Gasteiger partial charge in [0.2, 0.25) is 0 Å². The molecule has 0 saturated heterocycles.